The Morgan fingerprint density at radius 2 is 1.53 bits per heavy atom. The van der Waals surface area contributed by atoms with Gasteiger partial charge >= 0.3 is 0 Å². The number of carbonyl (C=O) groups is 1. The summed E-state index contributed by atoms with van der Waals surface area (Å²) in [5.74, 6) is 0.0502. The van der Waals surface area contributed by atoms with Crippen molar-refractivity contribution in [2.45, 2.75) is 13.2 Å². The second-order valence-corrected chi connectivity index (χ2v) is 7.72. The Bertz CT molecular complexity index is 999. The number of amides is 1. The Labute approximate surface area is 176 Å². The van der Waals surface area contributed by atoms with Crippen molar-refractivity contribution in [3.8, 4) is 11.1 Å². The molecule has 1 aliphatic heterocycles. The van der Waals surface area contributed by atoms with Crippen LogP contribution in [-0.2, 0) is 20.3 Å². The van der Waals surface area contributed by atoms with Crippen molar-refractivity contribution in [3.05, 3.63) is 77.6 Å². The number of benzene rings is 2. The van der Waals surface area contributed by atoms with Crippen LogP contribution in [0.25, 0.3) is 11.1 Å². The molecule has 0 spiro atoms. The summed E-state index contributed by atoms with van der Waals surface area (Å²) in [6.07, 6.45) is 3.89. The third-order valence-corrected chi connectivity index (χ3v) is 5.61. The normalized spacial score (nSPS) is 14.2. The zero-order chi connectivity index (χ0) is 21.1. The molecular formula is C24H27N3O3. The molecule has 1 aliphatic rings. The molecule has 0 bridgehead atoms. The number of nitrogens with zero attached hydrogens (tertiary/aromatic N) is 3. The van der Waals surface area contributed by atoms with Crippen LogP contribution in [-0.4, -0.2) is 51.8 Å². The van der Waals surface area contributed by atoms with Crippen LogP contribution in [0.3, 0.4) is 0 Å². The van der Waals surface area contributed by atoms with Gasteiger partial charge in [-0.1, -0.05) is 36.4 Å². The average Bonchev–Trinajstić information content (AvgIpc) is 3.20. The van der Waals surface area contributed by atoms with Crippen LogP contribution in [0.2, 0.25) is 0 Å². The highest BCUT2D eigenvalue weighted by atomic mass is 16.3. The van der Waals surface area contributed by atoms with Crippen LogP contribution in [0.1, 0.15) is 21.5 Å². The third kappa shape index (κ3) is 4.10. The summed E-state index contributed by atoms with van der Waals surface area (Å²) < 4.78 is 1.93. The first-order valence-corrected chi connectivity index (χ1v) is 10.2. The van der Waals surface area contributed by atoms with E-state index < -0.39 is 0 Å². The fourth-order valence-corrected chi connectivity index (χ4v) is 4.05. The van der Waals surface area contributed by atoms with Crippen molar-refractivity contribution in [1.82, 2.24) is 9.47 Å². The molecule has 6 heteroatoms. The first-order valence-electron chi connectivity index (χ1n) is 10.2. The fourth-order valence-electron chi connectivity index (χ4n) is 4.05. The summed E-state index contributed by atoms with van der Waals surface area (Å²) in [6.45, 7) is 2.54. The van der Waals surface area contributed by atoms with E-state index in [0.717, 1.165) is 33.5 Å². The number of rotatable bonds is 5. The number of aryl methyl sites for hydroxylation is 1. The van der Waals surface area contributed by atoms with E-state index >= 15 is 0 Å². The lowest BCUT2D eigenvalue weighted by Crippen LogP contribution is -2.48. The van der Waals surface area contributed by atoms with Gasteiger partial charge in [0, 0.05) is 56.9 Å². The van der Waals surface area contributed by atoms with E-state index in [1.54, 1.807) is 0 Å². The van der Waals surface area contributed by atoms with Gasteiger partial charge in [-0.05, 0) is 28.8 Å². The molecule has 4 rings (SSSR count). The maximum atomic E-state index is 13.3. The minimum atomic E-state index is -0.0600. The van der Waals surface area contributed by atoms with Gasteiger partial charge < -0.3 is 24.6 Å². The number of carbonyl (C=O) groups excluding carboxylic acids is 1. The molecule has 2 aromatic carbocycles. The second kappa shape index (κ2) is 8.73. The van der Waals surface area contributed by atoms with Crippen molar-refractivity contribution >= 4 is 11.6 Å². The summed E-state index contributed by atoms with van der Waals surface area (Å²) in [7, 11) is 1.94. The van der Waals surface area contributed by atoms with Gasteiger partial charge in [-0.3, -0.25) is 4.79 Å². The molecule has 1 amide bonds. The first-order chi connectivity index (χ1) is 14.6. The van der Waals surface area contributed by atoms with E-state index in [4.69, 9.17) is 0 Å². The Morgan fingerprint density at radius 3 is 2.13 bits per heavy atom. The zero-order valence-electron chi connectivity index (χ0n) is 17.2. The smallest absolute Gasteiger partial charge is 0.256 e. The lowest BCUT2D eigenvalue weighted by molar-refractivity contribution is 0.0747. The minimum absolute atomic E-state index is 0.0502. The van der Waals surface area contributed by atoms with Gasteiger partial charge in [0.05, 0.1) is 18.8 Å². The maximum absolute atomic E-state index is 13.3. The van der Waals surface area contributed by atoms with E-state index in [2.05, 4.69) is 4.90 Å². The van der Waals surface area contributed by atoms with Crippen LogP contribution in [0.15, 0.2) is 60.9 Å². The summed E-state index contributed by atoms with van der Waals surface area (Å²) in [5, 5.41) is 19.0. The second-order valence-electron chi connectivity index (χ2n) is 7.72. The molecule has 3 aromatic rings. The van der Waals surface area contributed by atoms with Crippen LogP contribution >= 0.6 is 0 Å². The van der Waals surface area contributed by atoms with E-state index in [1.165, 1.54) is 0 Å². The largest absolute Gasteiger partial charge is 0.392 e. The molecule has 1 aromatic heterocycles. The molecule has 156 valence electrons. The highest BCUT2D eigenvalue weighted by molar-refractivity contribution is 6.01. The summed E-state index contributed by atoms with van der Waals surface area (Å²) >= 11 is 0. The van der Waals surface area contributed by atoms with Crippen molar-refractivity contribution < 1.29 is 15.0 Å². The monoisotopic (exact) mass is 405 g/mol. The van der Waals surface area contributed by atoms with Gasteiger partial charge in [0.15, 0.2) is 0 Å². The topological polar surface area (TPSA) is 68.9 Å². The number of hydrogen-bond donors (Lipinski definition) is 2. The van der Waals surface area contributed by atoms with Gasteiger partial charge in [-0.2, -0.15) is 0 Å². The first kappa shape index (κ1) is 20.2. The Morgan fingerprint density at radius 1 is 0.900 bits per heavy atom. The van der Waals surface area contributed by atoms with E-state index in [9.17, 15) is 15.0 Å². The third-order valence-electron chi connectivity index (χ3n) is 5.61. The van der Waals surface area contributed by atoms with Gasteiger partial charge in [0.1, 0.15) is 0 Å². The SMILES string of the molecule is Cn1cc(C(=O)N2CCN(c3cc(CO)cc(CO)c3)CC2)c(-c2ccccc2)c1. The molecule has 6 nitrogen and oxygen atoms in total. The molecule has 0 radical (unpaired) electrons. The number of hydrogen-bond acceptors (Lipinski definition) is 4. The number of anilines is 1. The zero-order valence-corrected chi connectivity index (χ0v) is 17.2. The molecule has 2 heterocycles. The molecule has 0 saturated carbocycles. The number of aromatic nitrogens is 1. The van der Waals surface area contributed by atoms with Crippen molar-refractivity contribution in [1.29, 1.82) is 0 Å². The standard InChI is InChI=1S/C24H27N3O3/c1-25-14-22(20-5-3-2-4-6-20)23(15-25)24(30)27-9-7-26(8-10-27)21-12-18(16-28)11-19(13-21)17-29/h2-6,11-15,28-29H,7-10,16-17H2,1H3. The lowest BCUT2D eigenvalue weighted by Gasteiger charge is -2.36. The molecule has 0 atom stereocenters. The Balaban J connectivity index is 1.50. The molecule has 1 fully saturated rings. The van der Waals surface area contributed by atoms with Gasteiger partial charge in [0.2, 0.25) is 0 Å². The highest BCUT2D eigenvalue weighted by Crippen LogP contribution is 2.27. The minimum Gasteiger partial charge on any atom is -0.392 e. The number of piperazine rings is 1. The summed E-state index contributed by atoms with van der Waals surface area (Å²) in [5.41, 5.74) is 5.26. The molecule has 0 aliphatic carbocycles. The molecule has 1 saturated heterocycles. The average molecular weight is 405 g/mol. The maximum Gasteiger partial charge on any atom is 0.256 e. The molecule has 0 unspecified atom stereocenters. The van der Waals surface area contributed by atoms with Crippen LogP contribution in [0.4, 0.5) is 5.69 Å². The van der Waals surface area contributed by atoms with Crippen molar-refractivity contribution in [3.63, 3.8) is 0 Å². The van der Waals surface area contributed by atoms with Crippen LogP contribution in [0.5, 0.6) is 0 Å². The van der Waals surface area contributed by atoms with Crippen LogP contribution < -0.4 is 4.90 Å². The van der Waals surface area contributed by atoms with Gasteiger partial charge in [-0.25, -0.2) is 0 Å². The van der Waals surface area contributed by atoms with Crippen molar-refractivity contribution in [2.24, 2.45) is 7.05 Å². The Kier molecular flexibility index (Phi) is 5.88. The quantitative estimate of drug-likeness (QED) is 0.685. The molecule has 2 N–H and O–H groups in total. The predicted molar refractivity (Wildman–Crippen MR) is 117 cm³/mol. The molecule has 30 heavy (non-hydrogen) atoms. The predicted octanol–water partition coefficient (Wildman–Crippen LogP) is 2.64. The van der Waals surface area contributed by atoms with E-state index in [0.29, 0.717) is 26.2 Å². The Hall–Kier alpha value is -3.09. The number of aliphatic hydroxyl groups excluding tert-OH is 2. The van der Waals surface area contributed by atoms with Gasteiger partial charge in [-0.15, -0.1) is 0 Å². The van der Waals surface area contributed by atoms with Crippen molar-refractivity contribution in [2.75, 3.05) is 31.1 Å². The van der Waals surface area contributed by atoms with E-state index in [1.807, 2.05) is 77.4 Å². The summed E-state index contributed by atoms with van der Waals surface area (Å²) in [4.78, 5) is 17.4. The lowest BCUT2D eigenvalue weighted by atomic mass is 10.0. The highest BCUT2D eigenvalue weighted by Gasteiger charge is 2.25. The number of aliphatic hydroxyl groups is 2. The molecular weight excluding hydrogens is 378 g/mol. The van der Waals surface area contributed by atoms with E-state index in [-0.39, 0.29) is 19.1 Å². The summed E-state index contributed by atoms with van der Waals surface area (Å²) in [6, 6.07) is 15.7. The van der Waals surface area contributed by atoms with Gasteiger partial charge in [0.25, 0.3) is 5.91 Å². The van der Waals surface area contributed by atoms with Crippen LogP contribution in [0, 0.1) is 0 Å². The fraction of sp³-hybridized carbons (Fsp3) is 0.292.